The van der Waals surface area contributed by atoms with Crippen molar-refractivity contribution >= 4 is 5.78 Å². The first-order chi connectivity index (χ1) is 4.84. The molecule has 0 heterocycles. The van der Waals surface area contributed by atoms with Crippen LogP contribution in [0.3, 0.4) is 0 Å². The Bertz CT molecular complexity index is 143. The Labute approximate surface area is 62.1 Å². The third-order valence-electron chi connectivity index (χ3n) is 2.03. The Morgan fingerprint density at radius 2 is 2.30 bits per heavy atom. The van der Waals surface area contributed by atoms with Crippen LogP contribution in [-0.2, 0) is 4.79 Å². The van der Waals surface area contributed by atoms with Gasteiger partial charge in [0.2, 0.25) is 0 Å². The number of rotatable bonds is 3. The van der Waals surface area contributed by atoms with Crippen molar-refractivity contribution in [2.75, 3.05) is 0 Å². The van der Waals surface area contributed by atoms with Crippen molar-refractivity contribution in [3.63, 3.8) is 0 Å². The molecule has 0 aromatic heterocycles. The van der Waals surface area contributed by atoms with Crippen molar-refractivity contribution in [3.05, 3.63) is 12.2 Å². The maximum absolute atomic E-state index is 11.1. The first-order valence-electron chi connectivity index (χ1n) is 4.05. The van der Waals surface area contributed by atoms with Gasteiger partial charge in [0.15, 0.2) is 5.78 Å². The molecule has 56 valence electrons. The van der Waals surface area contributed by atoms with Gasteiger partial charge in [-0.2, -0.15) is 0 Å². The molecular formula is C9H14O. The SMILES string of the molecule is CC/C=C/C(=O)C1CCC1. The summed E-state index contributed by atoms with van der Waals surface area (Å²) in [5.41, 5.74) is 0. The van der Waals surface area contributed by atoms with Crippen LogP contribution in [0.25, 0.3) is 0 Å². The van der Waals surface area contributed by atoms with Gasteiger partial charge in [0.05, 0.1) is 0 Å². The molecule has 1 fully saturated rings. The van der Waals surface area contributed by atoms with Crippen molar-refractivity contribution in [1.82, 2.24) is 0 Å². The molecule has 0 aromatic carbocycles. The van der Waals surface area contributed by atoms with Crippen molar-refractivity contribution < 1.29 is 4.79 Å². The number of hydrogen-bond donors (Lipinski definition) is 0. The molecule has 0 aromatic rings. The second-order valence-electron chi connectivity index (χ2n) is 2.84. The van der Waals surface area contributed by atoms with Crippen molar-refractivity contribution in [3.8, 4) is 0 Å². The van der Waals surface area contributed by atoms with Crippen molar-refractivity contribution in [1.29, 1.82) is 0 Å². The number of ketones is 1. The maximum atomic E-state index is 11.1. The molecule has 0 bridgehead atoms. The highest BCUT2D eigenvalue weighted by Gasteiger charge is 2.22. The Kier molecular flexibility index (Phi) is 2.67. The van der Waals surface area contributed by atoms with Gasteiger partial charge in [0, 0.05) is 5.92 Å². The fourth-order valence-electron chi connectivity index (χ4n) is 1.06. The van der Waals surface area contributed by atoms with E-state index in [1.54, 1.807) is 6.08 Å². The molecule has 1 aliphatic carbocycles. The molecule has 1 heteroatoms. The van der Waals surface area contributed by atoms with E-state index in [1.165, 1.54) is 6.42 Å². The van der Waals surface area contributed by atoms with E-state index >= 15 is 0 Å². The second kappa shape index (κ2) is 3.55. The van der Waals surface area contributed by atoms with E-state index in [1.807, 2.05) is 13.0 Å². The summed E-state index contributed by atoms with van der Waals surface area (Å²) in [4.78, 5) is 11.1. The van der Waals surface area contributed by atoms with E-state index in [0.29, 0.717) is 11.7 Å². The van der Waals surface area contributed by atoms with Gasteiger partial charge < -0.3 is 0 Å². The topological polar surface area (TPSA) is 17.1 Å². The van der Waals surface area contributed by atoms with Crippen LogP contribution in [0.5, 0.6) is 0 Å². The molecule has 1 nitrogen and oxygen atoms in total. The molecule has 0 spiro atoms. The molecule has 0 saturated heterocycles. The summed E-state index contributed by atoms with van der Waals surface area (Å²) >= 11 is 0. The minimum Gasteiger partial charge on any atom is -0.295 e. The predicted molar refractivity (Wildman–Crippen MR) is 41.8 cm³/mol. The largest absolute Gasteiger partial charge is 0.295 e. The Morgan fingerprint density at radius 3 is 2.70 bits per heavy atom. The van der Waals surface area contributed by atoms with Crippen LogP contribution in [0.1, 0.15) is 32.6 Å². The fourth-order valence-corrected chi connectivity index (χ4v) is 1.06. The van der Waals surface area contributed by atoms with E-state index in [9.17, 15) is 4.79 Å². The third kappa shape index (κ3) is 1.69. The van der Waals surface area contributed by atoms with Crippen LogP contribution in [0.2, 0.25) is 0 Å². The zero-order valence-electron chi connectivity index (χ0n) is 6.47. The van der Waals surface area contributed by atoms with Crippen molar-refractivity contribution in [2.24, 2.45) is 5.92 Å². The van der Waals surface area contributed by atoms with E-state index in [-0.39, 0.29) is 0 Å². The highest BCUT2D eigenvalue weighted by atomic mass is 16.1. The van der Waals surface area contributed by atoms with Gasteiger partial charge in [-0.25, -0.2) is 0 Å². The minimum absolute atomic E-state index is 0.341. The van der Waals surface area contributed by atoms with Gasteiger partial charge >= 0.3 is 0 Å². The summed E-state index contributed by atoms with van der Waals surface area (Å²) in [5.74, 6) is 0.718. The van der Waals surface area contributed by atoms with Gasteiger partial charge in [-0.15, -0.1) is 0 Å². The van der Waals surface area contributed by atoms with Gasteiger partial charge in [-0.05, 0) is 25.3 Å². The lowest BCUT2D eigenvalue weighted by Gasteiger charge is -2.21. The molecule has 0 atom stereocenters. The summed E-state index contributed by atoms with van der Waals surface area (Å²) in [6.07, 6.45) is 8.14. The Hall–Kier alpha value is -0.590. The average Bonchev–Trinajstić information content (AvgIpc) is 1.79. The zero-order chi connectivity index (χ0) is 7.40. The molecule has 10 heavy (non-hydrogen) atoms. The van der Waals surface area contributed by atoms with Crippen LogP contribution >= 0.6 is 0 Å². The summed E-state index contributed by atoms with van der Waals surface area (Å²) in [5, 5.41) is 0. The molecule has 1 aliphatic rings. The quantitative estimate of drug-likeness (QED) is 0.547. The molecule has 0 N–H and O–H groups in total. The average molecular weight is 138 g/mol. The number of hydrogen-bond acceptors (Lipinski definition) is 1. The first-order valence-corrected chi connectivity index (χ1v) is 4.05. The zero-order valence-corrected chi connectivity index (χ0v) is 6.47. The summed E-state index contributed by atoms with van der Waals surface area (Å²) < 4.78 is 0. The molecule has 0 aliphatic heterocycles. The van der Waals surface area contributed by atoms with Gasteiger partial charge in [-0.1, -0.05) is 19.4 Å². The maximum Gasteiger partial charge on any atom is 0.158 e. The first kappa shape index (κ1) is 7.52. The Balaban J connectivity index is 2.26. The highest BCUT2D eigenvalue weighted by molar-refractivity contribution is 5.92. The molecule has 1 saturated carbocycles. The summed E-state index contributed by atoms with van der Waals surface area (Å²) in [7, 11) is 0. The molecular weight excluding hydrogens is 124 g/mol. The van der Waals surface area contributed by atoms with Crippen LogP contribution in [0.15, 0.2) is 12.2 Å². The molecule has 0 unspecified atom stereocenters. The normalized spacial score (nSPS) is 19.3. The number of carbonyl (C=O) groups is 1. The van der Waals surface area contributed by atoms with Gasteiger partial charge in [0.25, 0.3) is 0 Å². The lowest BCUT2D eigenvalue weighted by atomic mass is 9.82. The van der Waals surface area contributed by atoms with Crippen LogP contribution in [-0.4, -0.2) is 5.78 Å². The monoisotopic (exact) mass is 138 g/mol. The molecule has 1 rings (SSSR count). The van der Waals surface area contributed by atoms with Gasteiger partial charge in [-0.3, -0.25) is 4.79 Å². The predicted octanol–water partition coefficient (Wildman–Crippen LogP) is 2.32. The summed E-state index contributed by atoms with van der Waals surface area (Å²) in [6.45, 7) is 2.05. The fraction of sp³-hybridized carbons (Fsp3) is 0.667. The van der Waals surface area contributed by atoms with Crippen LogP contribution in [0, 0.1) is 5.92 Å². The number of allylic oxidation sites excluding steroid dienone is 2. The standard InChI is InChI=1S/C9H14O/c1-2-3-7-9(10)8-5-4-6-8/h3,7-8H,2,4-6H2,1H3/b7-3+. The number of carbonyl (C=O) groups excluding carboxylic acids is 1. The second-order valence-corrected chi connectivity index (χ2v) is 2.84. The highest BCUT2D eigenvalue weighted by Crippen LogP contribution is 2.27. The van der Waals surface area contributed by atoms with Crippen LogP contribution in [0.4, 0.5) is 0 Å². The van der Waals surface area contributed by atoms with E-state index in [0.717, 1.165) is 19.3 Å². The third-order valence-corrected chi connectivity index (χ3v) is 2.03. The smallest absolute Gasteiger partial charge is 0.158 e. The Morgan fingerprint density at radius 1 is 1.60 bits per heavy atom. The molecule has 0 amide bonds. The summed E-state index contributed by atoms with van der Waals surface area (Å²) in [6, 6.07) is 0. The van der Waals surface area contributed by atoms with E-state index in [4.69, 9.17) is 0 Å². The molecule has 0 radical (unpaired) electrons. The van der Waals surface area contributed by atoms with Crippen molar-refractivity contribution in [2.45, 2.75) is 32.6 Å². The lowest BCUT2D eigenvalue weighted by Crippen LogP contribution is -2.19. The lowest BCUT2D eigenvalue weighted by molar-refractivity contribution is -0.120. The van der Waals surface area contributed by atoms with E-state index in [2.05, 4.69) is 0 Å². The minimum atomic E-state index is 0.341. The van der Waals surface area contributed by atoms with Gasteiger partial charge in [0.1, 0.15) is 0 Å². The van der Waals surface area contributed by atoms with E-state index < -0.39 is 0 Å². The van der Waals surface area contributed by atoms with Crippen LogP contribution < -0.4 is 0 Å².